The summed E-state index contributed by atoms with van der Waals surface area (Å²) in [6, 6.07) is 4.50. The van der Waals surface area contributed by atoms with Gasteiger partial charge in [0.25, 0.3) is 0 Å². The molecule has 2 rings (SSSR count). The number of nitrogen functional groups attached to an aromatic ring is 1. The molecular formula is C15H15ClFN3O2. The van der Waals surface area contributed by atoms with E-state index < -0.39 is 11.8 Å². The lowest BCUT2D eigenvalue weighted by Crippen LogP contribution is -2.13. The fraction of sp³-hybridized carbons (Fsp3) is 0.200. The zero-order chi connectivity index (χ0) is 16.4. The van der Waals surface area contributed by atoms with E-state index >= 15 is 0 Å². The number of pyridine rings is 1. The van der Waals surface area contributed by atoms with Gasteiger partial charge in [0.15, 0.2) is 11.5 Å². The number of ether oxygens (including phenoxy) is 1. The summed E-state index contributed by atoms with van der Waals surface area (Å²) in [6.45, 7) is 0. The van der Waals surface area contributed by atoms with Gasteiger partial charge in [-0.05, 0) is 18.2 Å². The van der Waals surface area contributed by atoms with Crippen LogP contribution in [0.5, 0.6) is 0 Å². The van der Waals surface area contributed by atoms with Crippen molar-refractivity contribution in [3.8, 4) is 11.1 Å². The minimum absolute atomic E-state index is 0.0478. The number of nitrogens with zero attached hydrogens (tertiary/aromatic N) is 2. The molecule has 7 heteroatoms. The van der Waals surface area contributed by atoms with Gasteiger partial charge in [-0.25, -0.2) is 14.2 Å². The van der Waals surface area contributed by atoms with E-state index in [1.807, 2.05) is 0 Å². The number of nitrogens with two attached hydrogens (primary N) is 1. The Bertz CT molecular complexity index is 735. The van der Waals surface area contributed by atoms with Crippen LogP contribution in [-0.2, 0) is 4.74 Å². The number of aromatic nitrogens is 1. The molecule has 5 nitrogen and oxygen atoms in total. The molecule has 0 saturated heterocycles. The zero-order valence-electron chi connectivity index (χ0n) is 12.4. The SMILES string of the molecule is COC(=O)c1nccc(N)c1-c1ccc(Cl)c(N(C)C)c1F. The molecule has 0 atom stereocenters. The van der Waals surface area contributed by atoms with Gasteiger partial charge in [-0.3, -0.25) is 0 Å². The maximum atomic E-state index is 14.8. The van der Waals surface area contributed by atoms with Gasteiger partial charge >= 0.3 is 5.97 Å². The first-order valence-electron chi connectivity index (χ1n) is 6.37. The van der Waals surface area contributed by atoms with Crippen LogP contribution in [0.1, 0.15) is 10.5 Å². The van der Waals surface area contributed by atoms with Crippen molar-refractivity contribution in [2.45, 2.75) is 0 Å². The molecular weight excluding hydrogens is 309 g/mol. The summed E-state index contributed by atoms with van der Waals surface area (Å²) in [6.07, 6.45) is 1.37. The Balaban J connectivity index is 2.78. The summed E-state index contributed by atoms with van der Waals surface area (Å²) in [5.74, 6) is -1.27. The van der Waals surface area contributed by atoms with E-state index in [-0.39, 0.29) is 33.2 Å². The van der Waals surface area contributed by atoms with Gasteiger partial charge in [-0.2, -0.15) is 0 Å². The maximum absolute atomic E-state index is 14.8. The van der Waals surface area contributed by atoms with Crippen molar-refractivity contribution < 1.29 is 13.9 Å². The average Bonchev–Trinajstić information content (AvgIpc) is 2.47. The highest BCUT2D eigenvalue weighted by molar-refractivity contribution is 6.33. The van der Waals surface area contributed by atoms with Crippen LogP contribution in [0.3, 0.4) is 0 Å². The molecule has 2 aromatic rings. The molecule has 0 spiro atoms. The van der Waals surface area contributed by atoms with E-state index in [4.69, 9.17) is 17.3 Å². The van der Waals surface area contributed by atoms with E-state index in [2.05, 4.69) is 9.72 Å². The summed E-state index contributed by atoms with van der Waals surface area (Å²) >= 11 is 6.03. The van der Waals surface area contributed by atoms with Crippen molar-refractivity contribution in [3.63, 3.8) is 0 Å². The highest BCUT2D eigenvalue weighted by Crippen LogP contribution is 2.38. The second-order valence-corrected chi connectivity index (χ2v) is 5.17. The average molecular weight is 324 g/mol. The molecule has 0 bridgehead atoms. The largest absolute Gasteiger partial charge is 0.464 e. The van der Waals surface area contributed by atoms with Gasteiger partial charge < -0.3 is 15.4 Å². The van der Waals surface area contributed by atoms with E-state index in [0.717, 1.165) is 0 Å². The van der Waals surface area contributed by atoms with Crippen LogP contribution in [0.2, 0.25) is 5.02 Å². The van der Waals surface area contributed by atoms with Crippen LogP contribution in [0.4, 0.5) is 15.8 Å². The van der Waals surface area contributed by atoms with Crippen LogP contribution >= 0.6 is 11.6 Å². The molecule has 1 aromatic heterocycles. The molecule has 0 radical (unpaired) electrons. The first-order chi connectivity index (χ1) is 10.4. The van der Waals surface area contributed by atoms with Crippen LogP contribution < -0.4 is 10.6 Å². The number of esters is 1. The highest BCUT2D eigenvalue weighted by atomic mass is 35.5. The molecule has 0 fully saturated rings. The van der Waals surface area contributed by atoms with Crippen LogP contribution in [0.15, 0.2) is 24.4 Å². The van der Waals surface area contributed by atoms with Crippen LogP contribution in [-0.4, -0.2) is 32.2 Å². The fourth-order valence-corrected chi connectivity index (χ4v) is 2.47. The van der Waals surface area contributed by atoms with Crippen molar-refractivity contribution in [1.29, 1.82) is 0 Å². The third-order valence-corrected chi connectivity index (χ3v) is 3.45. The second kappa shape index (κ2) is 6.19. The topological polar surface area (TPSA) is 68.4 Å². The molecule has 0 unspecified atom stereocenters. The molecule has 0 aliphatic rings. The Morgan fingerprint density at radius 2 is 2.05 bits per heavy atom. The predicted octanol–water partition coefficient (Wildman–Crippen LogP) is 2.98. The van der Waals surface area contributed by atoms with Crippen molar-refractivity contribution in [1.82, 2.24) is 4.98 Å². The fourth-order valence-electron chi connectivity index (χ4n) is 2.16. The lowest BCUT2D eigenvalue weighted by molar-refractivity contribution is 0.0595. The summed E-state index contributed by atoms with van der Waals surface area (Å²) in [5, 5.41) is 0.258. The second-order valence-electron chi connectivity index (χ2n) is 4.77. The number of carbonyl (C=O) groups is 1. The van der Waals surface area contributed by atoms with Crippen molar-refractivity contribution in [2.24, 2.45) is 0 Å². The van der Waals surface area contributed by atoms with Crippen LogP contribution in [0, 0.1) is 5.82 Å². The minimum atomic E-state index is -0.692. The van der Waals surface area contributed by atoms with Gasteiger partial charge in [0.2, 0.25) is 0 Å². The third kappa shape index (κ3) is 2.69. The number of carbonyl (C=O) groups excluding carboxylic acids is 1. The predicted molar refractivity (Wildman–Crippen MR) is 84.7 cm³/mol. The van der Waals surface area contributed by atoms with Crippen LogP contribution in [0.25, 0.3) is 11.1 Å². The summed E-state index contributed by atoms with van der Waals surface area (Å²) in [5.41, 5.74) is 6.63. The Morgan fingerprint density at radius 1 is 1.36 bits per heavy atom. The number of anilines is 2. The van der Waals surface area contributed by atoms with E-state index in [0.29, 0.717) is 0 Å². The van der Waals surface area contributed by atoms with Crippen molar-refractivity contribution >= 4 is 28.9 Å². The third-order valence-electron chi connectivity index (χ3n) is 3.15. The standard InChI is InChI=1S/C15H15ClFN3O2/c1-20(2)14-9(16)5-4-8(12(14)17)11-10(18)6-7-19-13(11)15(21)22-3/h4-7H,1-3H3,(H2,18,19). The van der Waals surface area contributed by atoms with Gasteiger partial charge in [0, 0.05) is 37.1 Å². The van der Waals surface area contributed by atoms with Crippen molar-refractivity contribution in [3.05, 3.63) is 40.9 Å². The molecule has 1 heterocycles. The van der Waals surface area contributed by atoms with Gasteiger partial charge in [0.1, 0.15) is 0 Å². The van der Waals surface area contributed by atoms with E-state index in [1.54, 1.807) is 25.1 Å². The van der Waals surface area contributed by atoms with E-state index in [9.17, 15) is 9.18 Å². The Morgan fingerprint density at radius 3 is 2.64 bits per heavy atom. The first-order valence-corrected chi connectivity index (χ1v) is 6.74. The molecule has 0 aliphatic heterocycles. The number of hydrogen-bond acceptors (Lipinski definition) is 5. The molecule has 0 amide bonds. The summed E-state index contributed by atoms with van der Waals surface area (Å²) < 4.78 is 19.5. The summed E-state index contributed by atoms with van der Waals surface area (Å²) in [7, 11) is 4.56. The van der Waals surface area contributed by atoms with Gasteiger partial charge in [-0.15, -0.1) is 0 Å². The molecule has 116 valence electrons. The molecule has 1 aromatic carbocycles. The lowest BCUT2D eigenvalue weighted by atomic mass is 10.0. The molecule has 0 aliphatic carbocycles. The molecule has 0 saturated carbocycles. The Hall–Kier alpha value is -2.34. The lowest BCUT2D eigenvalue weighted by Gasteiger charge is -2.19. The normalized spacial score (nSPS) is 10.4. The monoisotopic (exact) mass is 323 g/mol. The number of benzene rings is 1. The van der Waals surface area contributed by atoms with Crippen molar-refractivity contribution in [2.75, 3.05) is 31.8 Å². The number of methoxy groups -OCH3 is 1. The first kappa shape index (κ1) is 16.0. The molecule has 2 N–H and O–H groups in total. The van der Waals surface area contributed by atoms with Gasteiger partial charge in [-0.1, -0.05) is 11.6 Å². The van der Waals surface area contributed by atoms with E-state index in [1.165, 1.54) is 25.4 Å². The Labute approximate surface area is 132 Å². The minimum Gasteiger partial charge on any atom is -0.464 e. The quantitative estimate of drug-likeness (QED) is 0.879. The smallest absolute Gasteiger partial charge is 0.357 e. The Kier molecular flexibility index (Phi) is 4.51. The van der Waals surface area contributed by atoms with Gasteiger partial charge in [0.05, 0.1) is 17.8 Å². The maximum Gasteiger partial charge on any atom is 0.357 e. The zero-order valence-corrected chi connectivity index (χ0v) is 13.1. The number of halogens is 2. The summed E-state index contributed by atoms with van der Waals surface area (Å²) in [4.78, 5) is 17.4. The molecule has 22 heavy (non-hydrogen) atoms. The highest BCUT2D eigenvalue weighted by Gasteiger charge is 2.23. The number of hydrogen-bond donors (Lipinski definition) is 1. The number of rotatable bonds is 3.